The average Bonchev–Trinajstić information content (AvgIpc) is 2.38. The minimum absolute atomic E-state index is 0.441. The van der Waals surface area contributed by atoms with Crippen LogP contribution in [0, 0.1) is 0 Å². The van der Waals surface area contributed by atoms with Crippen molar-refractivity contribution in [1.82, 2.24) is 9.97 Å². The third kappa shape index (κ3) is 3.70. The summed E-state index contributed by atoms with van der Waals surface area (Å²) in [6.45, 7) is 0.441. The molecule has 3 nitrogen and oxygen atoms in total. The van der Waals surface area contributed by atoms with Crippen LogP contribution >= 0.6 is 23.4 Å². The summed E-state index contributed by atoms with van der Waals surface area (Å²) in [4.78, 5) is 8.51. The van der Waals surface area contributed by atoms with Gasteiger partial charge in [-0.3, -0.25) is 0 Å². The Kier molecular flexibility index (Phi) is 4.36. The monoisotopic (exact) mass is 265 g/mol. The molecule has 17 heavy (non-hydrogen) atoms. The molecule has 2 aromatic rings. The maximum Gasteiger partial charge on any atom is 0.188 e. The number of aromatic nitrogens is 2. The summed E-state index contributed by atoms with van der Waals surface area (Å²) >= 11 is 7.41. The van der Waals surface area contributed by atoms with Gasteiger partial charge >= 0.3 is 0 Å². The molecule has 0 aliphatic carbocycles. The van der Waals surface area contributed by atoms with Gasteiger partial charge in [0, 0.05) is 23.5 Å². The van der Waals surface area contributed by atoms with E-state index in [0.717, 1.165) is 21.6 Å². The summed E-state index contributed by atoms with van der Waals surface area (Å²) in [6.07, 6.45) is 1.74. The molecule has 1 aromatic carbocycles. The van der Waals surface area contributed by atoms with E-state index in [-0.39, 0.29) is 0 Å². The molecule has 0 saturated heterocycles. The molecule has 2 rings (SSSR count). The van der Waals surface area contributed by atoms with Crippen LogP contribution in [0.15, 0.2) is 41.7 Å². The molecular weight excluding hydrogens is 254 g/mol. The lowest BCUT2D eigenvalue weighted by molar-refractivity contribution is 0.874. The fourth-order valence-electron chi connectivity index (χ4n) is 1.29. The van der Waals surface area contributed by atoms with Crippen molar-refractivity contribution in [1.29, 1.82) is 0 Å². The van der Waals surface area contributed by atoms with Gasteiger partial charge in [-0.2, -0.15) is 0 Å². The first-order valence-electron chi connectivity index (χ1n) is 5.17. The third-order valence-electron chi connectivity index (χ3n) is 2.18. The van der Waals surface area contributed by atoms with Crippen molar-refractivity contribution < 1.29 is 0 Å². The molecule has 0 aliphatic rings. The molecule has 0 amide bonds. The van der Waals surface area contributed by atoms with Crippen molar-refractivity contribution >= 4 is 23.4 Å². The van der Waals surface area contributed by atoms with Crippen LogP contribution in [0.1, 0.15) is 11.3 Å². The molecule has 0 bridgehead atoms. The van der Waals surface area contributed by atoms with E-state index in [1.54, 1.807) is 18.0 Å². The summed E-state index contributed by atoms with van der Waals surface area (Å²) in [5.74, 6) is 0.825. The molecule has 0 spiro atoms. The molecule has 0 radical (unpaired) electrons. The van der Waals surface area contributed by atoms with E-state index < -0.39 is 0 Å². The van der Waals surface area contributed by atoms with Crippen LogP contribution in [0.25, 0.3) is 0 Å². The minimum atomic E-state index is 0.441. The number of nitrogens with two attached hydrogens (primary N) is 1. The molecule has 5 heteroatoms. The number of benzene rings is 1. The molecular formula is C12H12ClN3S. The number of rotatable bonds is 4. The predicted molar refractivity (Wildman–Crippen MR) is 70.9 cm³/mol. The molecule has 1 heterocycles. The highest BCUT2D eigenvalue weighted by molar-refractivity contribution is 7.98. The van der Waals surface area contributed by atoms with E-state index in [0.29, 0.717) is 6.54 Å². The van der Waals surface area contributed by atoms with Gasteiger partial charge in [0.15, 0.2) is 5.16 Å². The Morgan fingerprint density at radius 1 is 1.18 bits per heavy atom. The molecule has 0 aliphatic heterocycles. The Labute approximate surface area is 109 Å². The van der Waals surface area contributed by atoms with Gasteiger partial charge in [-0.1, -0.05) is 35.5 Å². The molecule has 88 valence electrons. The summed E-state index contributed by atoms with van der Waals surface area (Å²) in [5.41, 5.74) is 7.58. The third-order valence-corrected chi connectivity index (χ3v) is 3.37. The van der Waals surface area contributed by atoms with E-state index in [2.05, 4.69) is 9.97 Å². The van der Waals surface area contributed by atoms with Gasteiger partial charge in [-0.15, -0.1) is 0 Å². The highest BCUT2D eigenvalue weighted by Gasteiger charge is 2.00. The summed E-state index contributed by atoms with van der Waals surface area (Å²) in [7, 11) is 0. The standard InChI is InChI=1S/C12H12ClN3S/c13-10-3-1-9(2-4-10)8-17-12-15-6-5-11(7-14)16-12/h1-6H,7-8,14H2. The van der Waals surface area contributed by atoms with Crippen LogP contribution in [0.2, 0.25) is 5.02 Å². The van der Waals surface area contributed by atoms with Crippen molar-refractivity contribution in [2.45, 2.75) is 17.5 Å². The quantitative estimate of drug-likeness (QED) is 0.682. The smallest absolute Gasteiger partial charge is 0.188 e. The second-order valence-electron chi connectivity index (χ2n) is 3.45. The van der Waals surface area contributed by atoms with Crippen LogP contribution in [0.3, 0.4) is 0 Å². The zero-order chi connectivity index (χ0) is 12.1. The lowest BCUT2D eigenvalue weighted by Gasteiger charge is -2.02. The number of hydrogen-bond donors (Lipinski definition) is 1. The Bertz CT molecular complexity index is 487. The Morgan fingerprint density at radius 2 is 1.94 bits per heavy atom. The lowest BCUT2D eigenvalue weighted by Crippen LogP contribution is -2.00. The maximum atomic E-state index is 5.82. The molecule has 1 aromatic heterocycles. The molecule has 0 unspecified atom stereocenters. The van der Waals surface area contributed by atoms with Crippen molar-refractivity contribution in [3.05, 3.63) is 52.8 Å². The molecule has 0 atom stereocenters. The van der Waals surface area contributed by atoms with Crippen LogP contribution in [-0.4, -0.2) is 9.97 Å². The Balaban J connectivity index is 1.99. The van der Waals surface area contributed by atoms with E-state index in [9.17, 15) is 0 Å². The van der Waals surface area contributed by atoms with Gasteiger partial charge in [0.05, 0.1) is 5.69 Å². The first-order valence-corrected chi connectivity index (χ1v) is 6.53. The number of hydrogen-bond acceptors (Lipinski definition) is 4. The zero-order valence-electron chi connectivity index (χ0n) is 9.14. The van der Waals surface area contributed by atoms with Crippen molar-refractivity contribution in [3.8, 4) is 0 Å². The van der Waals surface area contributed by atoms with Crippen LogP contribution < -0.4 is 5.73 Å². The minimum Gasteiger partial charge on any atom is -0.325 e. The fraction of sp³-hybridized carbons (Fsp3) is 0.167. The van der Waals surface area contributed by atoms with Gasteiger partial charge < -0.3 is 5.73 Å². The second kappa shape index (κ2) is 6.00. The summed E-state index contributed by atoms with van der Waals surface area (Å²) in [5, 5.41) is 1.50. The maximum absolute atomic E-state index is 5.82. The fourth-order valence-corrected chi connectivity index (χ4v) is 2.22. The largest absolute Gasteiger partial charge is 0.325 e. The van der Waals surface area contributed by atoms with Gasteiger partial charge in [0.2, 0.25) is 0 Å². The van der Waals surface area contributed by atoms with Crippen molar-refractivity contribution in [2.24, 2.45) is 5.73 Å². The average molecular weight is 266 g/mol. The van der Waals surface area contributed by atoms with Crippen LogP contribution in [0.4, 0.5) is 0 Å². The zero-order valence-corrected chi connectivity index (χ0v) is 10.7. The van der Waals surface area contributed by atoms with Crippen molar-refractivity contribution in [3.63, 3.8) is 0 Å². The Hall–Kier alpha value is -1.10. The van der Waals surface area contributed by atoms with Gasteiger partial charge in [0.25, 0.3) is 0 Å². The second-order valence-corrected chi connectivity index (χ2v) is 4.83. The van der Waals surface area contributed by atoms with E-state index in [1.165, 1.54) is 5.56 Å². The van der Waals surface area contributed by atoms with Gasteiger partial charge in [-0.25, -0.2) is 9.97 Å². The Morgan fingerprint density at radius 3 is 2.65 bits per heavy atom. The summed E-state index contributed by atoms with van der Waals surface area (Å²) < 4.78 is 0. The predicted octanol–water partition coefficient (Wildman–Crippen LogP) is 2.88. The summed E-state index contributed by atoms with van der Waals surface area (Å²) in [6, 6.07) is 9.60. The van der Waals surface area contributed by atoms with Gasteiger partial charge in [0.1, 0.15) is 0 Å². The number of halogens is 1. The normalized spacial score (nSPS) is 10.5. The van der Waals surface area contributed by atoms with Crippen LogP contribution in [0.5, 0.6) is 0 Å². The first kappa shape index (κ1) is 12.4. The van der Waals surface area contributed by atoms with E-state index in [4.69, 9.17) is 17.3 Å². The number of nitrogens with zero attached hydrogens (tertiary/aromatic N) is 2. The highest BCUT2D eigenvalue weighted by Crippen LogP contribution is 2.20. The first-order chi connectivity index (χ1) is 8.28. The van der Waals surface area contributed by atoms with Crippen molar-refractivity contribution in [2.75, 3.05) is 0 Å². The van der Waals surface area contributed by atoms with E-state index in [1.807, 2.05) is 30.3 Å². The molecule has 0 saturated carbocycles. The lowest BCUT2D eigenvalue weighted by atomic mass is 10.2. The SMILES string of the molecule is NCc1ccnc(SCc2ccc(Cl)cc2)n1. The molecule has 0 fully saturated rings. The topological polar surface area (TPSA) is 51.8 Å². The van der Waals surface area contributed by atoms with Crippen LogP contribution in [-0.2, 0) is 12.3 Å². The highest BCUT2D eigenvalue weighted by atomic mass is 35.5. The molecule has 2 N–H and O–H groups in total. The number of thioether (sulfide) groups is 1. The van der Waals surface area contributed by atoms with E-state index >= 15 is 0 Å². The van der Waals surface area contributed by atoms with Gasteiger partial charge in [-0.05, 0) is 23.8 Å².